The summed E-state index contributed by atoms with van der Waals surface area (Å²) in [5.41, 5.74) is 2.68. The van der Waals surface area contributed by atoms with Crippen molar-refractivity contribution < 1.29 is 9.84 Å². The van der Waals surface area contributed by atoms with Crippen molar-refractivity contribution in [2.24, 2.45) is 0 Å². The van der Waals surface area contributed by atoms with Crippen molar-refractivity contribution in [1.82, 2.24) is 5.32 Å². The molecule has 18 heavy (non-hydrogen) atoms. The zero-order valence-electron chi connectivity index (χ0n) is 10.9. The number of hydrogen-bond donors (Lipinski definition) is 2. The average Bonchev–Trinajstić information content (AvgIpc) is 2.32. The lowest BCUT2D eigenvalue weighted by Crippen LogP contribution is -2.46. The van der Waals surface area contributed by atoms with Crippen molar-refractivity contribution in [1.29, 1.82) is 0 Å². The van der Waals surface area contributed by atoms with Crippen molar-refractivity contribution in [2.75, 3.05) is 7.11 Å². The molecule has 1 unspecified atom stereocenters. The maximum absolute atomic E-state index is 9.54. The van der Waals surface area contributed by atoms with Gasteiger partial charge in [0.15, 0.2) is 0 Å². The van der Waals surface area contributed by atoms with Crippen LogP contribution in [0.5, 0.6) is 5.75 Å². The molecule has 0 heterocycles. The summed E-state index contributed by atoms with van der Waals surface area (Å²) in [4.78, 5) is 0. The number of rotatable bonds is 3. The summed E-state index contributed by atoms with van der Waals surface area (Å²) in [6, 6.07) is 6.85. The minimum atomic E-state index is 0.387. The Labute approximate surface area is 108 Å². The SMILES string of the molecule is COC1CC(NC2CCCc3cc(O)ccc32)C1. The van der Waals surface area contributed by atoms with E-state index in [0.717, 1.165) is 19.3 Å². The molecule has 98 valence electrons. The molecule has 2 aliphatic rings. The Bertz CT molecular complexity index is 427. The molecule has 3 rings (SSSR count). The highest BCUT2D eigenvalue weighted by Crippen LogP contribution is 2.34. The van der Waals surface area contributed by atoms with E-state index in [9.17, 15) is 5.11 Å². The summed E-state index contributed by atoms with van der Waals surface area (Å²) in [7, 11) is 1.79. The van der Waals surface area contributed by atoms with Gasteiger partial charge in [0.2, 0.25) is 0 Å². The van der Waals surface area contributed by atoms with Gasteiger partial charge in [-0.15, -0.1) is 0 Å². The van der Waals surface area contributed by atoms with E-state index in [1.165, 1.54) is 24.0 Å². The molecule has 2 N–H and O–H groups in total. The normalized spacial score (nSPS) is 30.6. The van der Waals surface area contributed by atoms with Crippen LogP contribution in [0, 0.1) is 0 Å². The van der Waals surface area contributed by atoms with Gasteiger partial charge < -0.3 is 15.2 Å². The molecule has 0 bridgehead atoms. The highest BCUT2D eigenvalue weighted by atomic mass is 16.5. The van der Waals surface area contributed by atoms with E-state index in [4.69, 9.17) is 4.74 Å². The minimum Gasteiger partial charge on any atom is -0.508 e. The smallest absolute Gasteiger partial charge is 0.115 e. The monoisotopic (exact) mass is 247 g/mol. The molecule has 1 saturated carbocycles. The number of hydrogen-bond acceptors (Lipinski definition) is 3. The highest BCUT2D eigenvalue weighted by Gasteiger charge is 2.32. The van der Waals surface area contributed by atoms with E-state index in [1.807, 2.05) is 6.07 Å². The molecule has 1 atom stereocenters. The maximum Gasteiger partial charge on any atom is 0.115 e. The predicted octanol–water partition coefficient (Wildman–Crippen LogP) is 2.54. The Morgan fingerprint density at radius 2 is 2.17 bits per heavy atom. The first-order valence-corrected chi connectivity index (χ1v) is 6.87. The zero-order valence-corrected chi connectivity index (χ0v) is 10.9. The number of aromatic hydroxyl groups is 1. The second-order valence-corrected chi connectivity index (χ2v) is 5.52. The standard InChI is InChI=1S/C15H21NO2/c1-18-13-8-11(9-13)16-15-4-2-3-10-7-12(17)5-6-14(10)15/h5-7,11,13,15-17H,2-4,8-9H2,1H3. The topological polar surface area (TPSA) is 41.5 Å². The number of nitrogens with one attached hydrogen (secondary N) is 1. The van der Waals surface area contributed by atoms with Gasteiger partial charge in [-0.3, -0.25) is 0 Å². The second-order valence-electron chi connectivity index (χ2n) is 5.52. The lowest BCUT2D eigenvalue weighted by molar-refractivity contribution is 0.0135. The summed E-state index contributed by atoms with van der Waals surface area (Å²) < 4.78 is 5.32. The van der Waals surface area contributed by atoms with E-state index in [1.54, 1.807) is 13.2 Å². The second kappa shape index (κ2) is 4.90. The van der Waals surface area contributed by atoms with Crippen molar-refractivity contribution in [3.8, 4) is 5.75 Å². The Balaban J connectivity index is 1.68. The average molecular weight is 247 g/mol. The molecule has 1 fully saturated rings. The molecule has 0 saturated heterocycles. The number of phenols is 1. The van der Waals surface area contributed by atoms with Crippen LogP contribution < -0.4 is 5.32 Å². The Kier molecular flexibility index (Phi) is 3.27. The molecule has 1 aromatic carbocycles. The van der Waals surface area contributed by atoms with Gasteiger partial charge in [-0.25, -0.2) is 0 Å². The van der Waals surface area contributed by atoms with Crippen LogP contribution in [0.3, 0.4) is 0 Å². The van der Waals surface area contributed by atoms with Gasteiger partial charge in [-0.1, -0.05) is 6.07 Å². The number of aryl methyl sites for hydroxylation is 1. The number of benzene rings is 1. The third kappa shape index (κ3) is 2.25. The van der Waals surface area contributed by atoms with Gasteiger partial charge in [0.05, 0.1) is 6.10 Å². The number of phenolic OH excluding ortho intramolecular Hbond substituents is 1. The van der Waals surface area contributed by atoms with E-state index in [2.05, 4.69) is 11.4 Å². The van der Waals surface area contributed by atoms with E-state index < -0.39 is 0 Å². The Hall–Kier alpha value is -1.06. The van der Waals surface area contributed by atoms with E-state index >= 15 is 0 Å². The summed E-state index contributed by atoms with van der Waals surface area (Å²) in [5.74, 6) is 0.387. The number of ether oxygens (including phenoxy) is 1. The third-order valence-electron chi connectivity index (χ3n) is 4.31. The van der Waals surface area contributed by atoms with E-state index in [0.29, 0.717) is 23.9 Å². The fourth-order valence-electron chi connectivity index (χ4n) is 3.15. The fraction of sp³-hybridized carbons (Fsp3) is 0.600. The highest BCUT2D eigenvalue weighted by molar-refractivity contribution is 5.38. The van der Waals surface area contributed by atoms with Crippen LogP contribution in [-0.2, 0) is 11.2 Å². The molecule has 0 amide bonds. The van der Waals surface area contributed by atoms with Crippen molar-refractivity contribution >= 4 is 0 Å². The lowest BCUT2D eigenvalue weighted by Gasteiger charge is -2.39. The van der Waals surface area contributed by atoms with E-state index in [-0.39, 0.29) is 0 Å². The van der Waals surface area contributed by atoms with Gasteiger partial charge in [0, 0.05) is 19.2 Å². The van der Waals surface area contributed by atoms with Crippen LogP contribution in [0.4, 0.5) is 0 Å². The molecule has 2 aliphatic carbocycles. The summed E-state index contributed by atoms with van der Waals surface area (Å²) in [6.45, 7) is 0. The molecule has 1 aromatic rings. The summed E-state index contributed by atoms with van der Waals surface area (Å²) in [6.07, 6.45) is 6.19. The van der Waals surface area contributed by atoms with Gasteiger partial charge in [-0.2, -0.15) is 0 Å². The molecule has 0 spiro atoms. The molecule has 3 heteroatoms. The summed E-state index contributed by atoms with van der Waals surface area (Å²) >= 11 is 0. The first kappa shape index (κ1) is 12.0. The quantitative estimate of drug-likeness (QED) is 0.862. The molecule has 3 nitrogen and oxygen atoms in total. The van der Waals surface area contributed by atoms with Crippen molar-refractivity contribution in [3.63, 3.8) is 0 Å². The van der Waals surface area contributed by atoms with Gasteiger partial charge in [0.1, 0.15) is 5.75 Å². The Morgan fingerprint density at radius 3 is 2.94 bits per heavy atom. The molecule has 0 aromatic heterocycles. The minimum absolute atomic E-state index is 0.387. The first-order chi connectivity index (χ1) is 8.76. The molecule has 0 radical (unpaired) electrons. The number of methoxy groups -OCH3 is 1. The first-order valence-electron chi connectivity index (χ1n) is 6.87. The number of fused-ring (bicyclic) bond motifs is 1. The lowest BCUT2D eigenvalue weighted by atomic mass is 9.83. The van der Waals surface area contributed by atoms with Gasteiger partial charge in [-0.05, 0) is 55.4 Å². The fourth-order valence-corrected chi connectivity index (χ4v) is 3.15. The maximum atomic E-state index is 9.54. The van der Waals surface area contributed by atoms with Crippen LogP contribution in [0.1, 0.15) is 42.9 Å². The molecule has 0 aliphatic heterocycles. The van der Waals surface area contributed by atoms with Gasteiger partial charge in [0.25, 0.3) is 0 Å². The van der Waals surface area contributed by atoms with Crippen molar-refractivity contribution in [3.05, 3.63) is 29.3 Å². The zero-order chi connectivity index (χ0) is 12.5. The van der Waals surface area contributed by atoms with Crippen molar-refractivity contribution in [2.45, 2.75) is 50.3 Å². The van der Waals surface area contributed by atoms with Crippen LogP contribution in [0.2, 0.25) is 0 Å². The summed E-state index contributed by atoms with van der Waals surface area (Å²) in [5, 5.41) is 13.3. The predicted molar refractivity (Wildman–Crippen MR) is 70.7 cm³/mol. The van der Waals surface area contributed by atoms with Crippen LogP contribution in [0.25, 0.3) is 0 Å². The van der Waals surface area contributed by atoms with Crippen LogP contribution in [-0.4, -0.2) is 24.4 Å². The van der Waals surface area contributed by atoms with Crippen LogP contribution >= 0.6 is 0 Å². The molecular formula is C15H21NO2. The van der Waals surface area contributed by atoms with Crippen LogP contribution in [0.15, 0.2) is 18.2 Å². The largest absolute Gasteiger partial charge is 0.508 e. The third-order valence-corrected chi connectivity index (χ3v) is 4.31. The Morgan fingerprint density at radius 1 is 1.33 bits per heavy atom. The van der Waals surface area contributed by atoms with Gasteiger partial charge >= 0.3 is 0 Å². The molecular weight excluding hydrogens is 226 g/mol.